The van der Waals surface area contributed by atoms with Crippen LogP contribution in [-0.2, 0) is 0 Å². The summed E-state index contributed by atoms with van der Waals surface area (Å²) in [5.41, 5.74) is 14.4. The molecule has 4 aromatic heterocycles. The Hall–Kier alpha value is -7.82. The molecule has 0 spiro atoms. The third kappa shape index (κ3) is 4.29. The van der Waals surface area contributed by atoms with E-state index in [1.807, 2.05) is 0 Å². The van der Waals surface area contributed by atoms with Gasteiger partial charge in [-0.25, -0.2) is 0 Å². The van der Waals surface area contributed by atoms with Crippen LogP contribution in [0.4, 0.5) is 0 Å². The van der Waals surface area contributed by atoms with Gasteiger partial charge in [-0.05, 0) is 90.0 Å². The number of aromatic nitrogens is 3. The molecule has 270 valence electrons. The van der Waals surface area contributed by atoms with E-state index < -0.39 is 0 Å². The Morgan fingerprint density at radius 3 is 1.55 bits per heavy atom. The molecule has 0 aliphatic carbocycles. The molecule has 9 aromatic carbocycles. The molecule has 4 heteroatoms. The highest BCUT2D eigenvalue weighted by molar-refractivity contribution is 6.27. The van der Waals surface area contributed by atoms with E-state index in [2.05, 4.69) is 214 Å². The largest absolute Gasteiger partial charge is 0.454 e. The molecule has 0 aliphatic heterocycles. The molecule has 0 saturated heterocycles. The predicted molar refractivity (Wildman–Crippen MR) is 242 cm³/mol. The zero-order chi connectivity index (χ0) is 37.9. The lowest BCUT2D eigenvalue weighted by molar-refractivity contribution is 0.671. The van der Waals surface area contributed by atoms with Crippen molar-refractivity contribution in [3.8, 4) is 28.2 Å². The Bertz CT molecular complexity index is 3790. The fourth-order valence-corrected chi connectivity index (χ4v) is 9.77. The minimum absolute atomic E-state index is 0.883. The number of hydrogen-bond donors (Lipinski definition) is 0. The van der Waals surface area contributed by atoms with E-state index in [9.17, 15) is 0 Å². The Morgan fingerprint density at radius 2 is 0.845 bits per heavy atom. The highest BCUT2D eigenvalue weighted by Crippen LogP contribution is 2.47. The van der Waals surface area contributed by atoms with Crippen molar-refractivity contribution in [3.63, 3.8) is 0 Å². The molecule has 0 N–H and O–H groups in total. The van der Waals surface area contributed by atoms with Gasteiger partial charge in [0.1, 0.15) is 5.58 Å². The molecular weight excluding hydrogens is 707 g/mol. The van der Waals surface area contributed by atoms with Crippen molar-refractivity contribution in [1.82, 2.24) is 13.7 Å². The molecule has 0 unspecified atom stereocenters. The molecule has 4 nitrogen and oxygen atoms in total. The summed E-state index contributed by atoms with van der Waals surface area (Å²) in [5, 5.41) is 9.50. The first-order valence-corrected chi connectivity index (χ1v) is 19.9. The predicted octanol–water partition coefficient (Wildman–Crippen LogP) is 14.5. The number of nitrogens with zero attached hydrogens (tertiary/aromatic N) is 3. The van der Waals surface area contributed by atoms with Gasteiger partial charge in [-0.2, -0.15) is 0 Å². The molecule has 13 aromatic rings. The smallest absolute Gasteiger partial charge is 0.160 e. The minimum Gasteiger partial charge on any atom is -0.454 e. The first-order valence-electron chi connectivity index (χ1n) is 19.9. The fraction of sp³-hybridized carbons (Fsp3) is 0. The lowest BCUT2D eigenvalue weighted by atomic mass is 9.95. The molecule has 0 amide bonds. The summed E-state index contributed by atoms with van der Waals surface area (Å²) in [4.78, 5) is 0. The molecular formula is C54H33N3O. The van der Waals surface area contributed by atoms with Crippen molar-refractivity contribution in [2.45, 2.75) is 0 Å². The van der Waals surface area contributed by atoms with E-state index in [-0.39, 0.29) is 0 Å². The van der Waals surface area contributed by atoms with Crippen LogP contribution in [0.2, 0.25) is 0 Å². The van der Waals surface area contributed by atoms with Crippen LogP contribution in [0.5, 0.6) is 0 Å². The van der Waals surface area contributed by atoms with Crippen molar-refractivity contribution in [3.05, 3.63) is 200 Å². The van der Waals surface area contributed by atoms with Crippen molar-refractivity contribution in [2.24, 2.45) is 0 Å². The summed E-state index contributed by atoms with van der Waals surface area (Å²) < 4.78 is 14.1. The third-order valence-electron chi connectivity index (χ3n) is 12.2. The van der Waals surface area contributed by atoms with Crippen LogP contribution in [0.1, 0.15) is 0 Å². The maximum absolute atomic E-state index is 6.93. The van der Waals surface area contributed by atoms with Gasteiger partial charge in [-0.3, -0.25) is 0 Å². The first kappa shape index (κ1) is 31.4. The van der Waals surface area contributed by atoms with Gasteiger partial charge in [0.2, 0.25) is 0 Å². The second-order valence-electron chi connectivity index (χ2n) is 15.3. The molecule has 13 rings (SSSR count). The average Bonchev–Trinajstić information content (AvgIpc) is 4.03. The van der Waals surface area contributed by atoms with Gasteiger partial charge in [-0.1, -0.05) is 121 Å². The fourth-order valence-electron chi connectivity index (χ4n) is 9.77. The van der Waals surface area contributed by atoms with E-state index in [0.29, 0.717) is 0 Å². The van der Waals surface area contributed by atoms with Crippen LogP contribution >= 0.6 is 0 Å². The summed E-state index contributed by atoms with van der Waals surface area (Å²) in [6.45, 7) is 0. The summed E-state index contributed by atoms with van der Waals surface area (Å²) >= 11 is 0. The number of hydrogen-bond acceptors (Lipinski definition) is 1. The average molecular weight is 740 g/mol. The number of para-hydroxylation sites is 6. The Morgan fingerprint density at radius 1 is 0.310 bits per heavy atom. The van der Waals surface area contributed by atoms with Crippen LogP contribution in [0.25, 0.3) is 116 Å². The zero-order valence-electron chi connectivity index (χ0n) is 31.3. The van der Waals surface area contributed by atoms with Gasteiger partial charge >= 0.3 is 0 Å². The lowest BCUT2D eigenvalue weighted by Gasteiger charge is -2.12. The molecule has 0 atom stereocenters. The summed E-state index contributed by atoms with van der Waals surface area (Å²) in [6, 6.07) is 72.4. The number of rotatable bonds is 4. The monoisotopic (exact) mass is 739 g/mol. The Balaban J connectivity index is 1.16. The van der Waals surface area contributed by atoms with Gasteiger partial charge in [-0.15, -0.1) is 0 Å². The second-order valence-corrected chi connectivity index (χ2v) is 15.3. The van der Waals surface area contributed by atoms with Gasteiger partial charge in [0.15, 0.2) is 5.58 Å². The summed E-state index contributed by atoms with van der Waals surface area (Å²) in [5.74, 6) is 0. The van der Waals surface area contributed by atoms with Crippen molar-refractivity contribution < 1.29 is 4.42 Å². The van der Waals surface area contributed by atoms with Crippen LogP contribution < -0.4 is 0 Å². The highest BCUT2D eigenvalue weighted by Gasteiger charge is 2.24. The van der Waals surface area contributed by atoms with E-state index in [4.69, 9.17) is 4.42 Å². The maximum Gasteiger partial charge on any atom is 0.160 e. The molecule has 4 heterocycles. The van der Waals surface area contributed by atoms with Gasteiger partial charge < -0.3 is 18.1 Å². The van der Waals surface area contributed by atoms with E-state index in [1.54, 1.807) is 0 Å². The Labute approximate surface area is 332 Å². The number of furan rings is 1. The molecule has 0 fully saturated rings. The Kier molecular flexibility index (Phi) is 6.41. The van der Waals surface area contributed by atoms with E-state index in [0.717, 1.165) is 55.6 Å². The molecule has 58 heavy (non-hydrogen) atoms. The molecule has 0 bridgehead atoms. The van der Waals surface area contributed by atoms with Crippen LogP contribution in [0.3, 0.4) is 0 Å². The lowest BCUT2D eigenvalue weighted by Crippen LogP contribution is -1.97. The summed E-state index contributed by atoms with van der Waals surface area (Å²) in [6.07, 6.45) is 0. The van der Waals surface area contributed by atoms with E-state index >= 15 is 0 Å². The van der Waals surface area contributed by atoms with Gasteiger partial charge in [0.25, 0.3) is 0 Å². The standard InChI is InChI=1S/C54H33N3O/c1-3-15-35(16-4-1)55-47-24-12-8-20-39(47)44-31-34(27-30-49(44)55)43-33-45-41-21-10-14-26-51(41)58-54(45)53-52(43)42-22-9-13-25-48(42)57(53)37-28-29-40-38-19-7-11-23-46(38)56(50(40)32-37)36-17-5-2-6-18-36/h1-33H. The van der Waals surface area contributed by atoms with E-state index in [1.165, 1.54) is 60.0 Å². The van der Waals surface area contributed by atoms with Crippen LogP contribution in [-0.4, -0.2) is 13.7 Å². The summed E-state index contributed by atoms with van der Waals surface area (Å²) in [7, 11) is 0. The molecule has 0 saturated carbocycles. The highest BCUT2D eigenvalue weighted by atomic mass is 16.3. The second kappa shape index (κ2) is 11.8. The molecule has 0 aliphatic rings. The topological polar surface area (TPSA) is 27.9 Å². The third-order valence-corrected chi connectivity index (χ3v) is 12.2. The normalized spacial score (nSPS) is 12.1. The first-order chi connectivity index (χ1) is 28.8. The van der Waals surface area contributed by atoms with Crippen molar-refractivity contribution >= 4 is 87.4 Å². The SMILES string of the molecule is c1ccc(-n2c3ccccc3c3cc(-c4cc5c6ccccc6oc5c5c4c4ccccc4n5-c4ccc5c6ccccc6n(-c6ccccc6)c5c4)ccc32)cc1. The van der Waals surface area contributed by atoms with Crippen molar-refractivity contribution in [2.75, 3.05) is 0 Å². The minimum atomic E-state index is 0.883. The number of benzene rings is 9. The van der Waals surface area contributed by atoms with Gasteiger partial charge in [0.05, 0.1) is 33.1 Å². The number of fused-ring (bicyclic) bond motifs is 13. The molecule has 0 radical (unpaired) electrons. The quantitative estimate of drug-likeness (QED) is 0.177. The van der Waals surface area contributed by atoms with Crippen molar-refractivity contribution in [1.29, 1.82) is 0 Å². The van der Waals surface area contributed by atoms with Crippen LogP contribution in [0.15, 0.2) is 205 Å². The zero-order valence-corrected chi connectivity index (χ0v) is 31.3. The maximum atomic E-state index is 6.93. The van der Waals surface area contributed by atoms with Crippen LogP contribution in [0, 0.1) is 0 Å². The van der Waals surface area contributed by atoms with Gasteiger partial charge in [0, 0.05) is 60.2 Å².